The number of rotatable bonds is 7. The summed E-state index contributed by atoms with van der Waals surface area (Å²) < 4.78 is 0. The van der Waals surface area contributed by atoms with Gasteiger partial charge in [-0.2, -0.15) is 0 Å². The van der Waals surface area contributed by atoms with Crippen LogP contribution in [0, 0.1) is 0 Å². The number of pyridine rings is 1. The highest BCUT2D eigenvalue weighted by Gasteiger charge is 2.07. The molecule has 1 aromatic heterocycles. The Morgan fingerprint density at radius 2 is 1.91 bits per heavy atom. The molecule has 23 heavy (non-hydrogen) atoms. The average Bonchev–Trinajstić information content (AvgIpc) is 2.56. The molecule has 1 aromatic carbocycles. The van der Waals surface area contributed by atoms with Gasteiger partial charge in [0.05, 0.1) is 0 Å². The van der Waals surface area contributed by atoms with Crippen LogP contribution in [0.1, 0.15) is 30.1 Å². The number of aromatic nitrogens is 1. The van der Waals surface area contributed by atoms with Crippen LogP contribution in [0.25, 0.3) is 0 Å². The Morgan fingerprint density at radius 3 is 2.57 bits per heavy atom. The molecule has 0 saturated carbocycles. The zero-order valence-corrected chi connectivity index (χ0v) is 14.0. The summed E-state index contributed by atoms with van der Waals surface area (Å²) in [5.74, 6) is 0.595. The molecular weight excluding hydrogens is 288 g/mol. The fourth-order valence-corrected chi connectivity index (χ4v) is 2.11. The van der Waals surface area contributed by atoms with Crippen molar-refractivity contribution in [3.05, 3.63) is 48.2 Å². The summed E-state index contributed by atoms with van der Waals surface area (Å²) in [5.41, 5.74) is 2.46. The number of nitrogens with zero attached hydrogens (tertiary/aromatic N) is 2. The van der Waals surface area contributed by atoms with Crippen molar-refractivity contribution in [3.63, 3.8) is 0 Å². The van der Waals surface area contributed by atoms with Crippen molar-refractivity contribution in [1.29, 1.82) is 0 Å². The normalized spacial score (nSPS) is 10.2. The Kier molecular flexibility index (Phi) is 5.97. The summed E-state index contributed by atoms with van der Waals surface area (Å²) in [5, 5.41) is 6.13. The molecule has 1 heterocycles. The van der Waals surface area contributed by atoms with Crippen molar-refractivity contribution < 1.29 is 4.79 Å². The lowest BCUT2D eigenvalue weighted by molar-refractivity contribution is 0.102. The van der Waals surface area contributed by atoms with Crippen LogP contribution in [0.15, 0.2) is 42.6 Å². The molecule has 2 rings (SSSR count). The Balaban J connectivity index is 2.01. The molecule has 0 fully saturated rings. The van der Waals surface area contributed by atoms with Gasteiger partial charge in [-0.15, -0.1) is 0 Å². The quantitative estimate of drug-likeness (QED) is 0.767. The van der Waals surface area contributed by atoms with Crippen LogP contribution in [-0.2, 0) is 0 Å². The second-order valence-electron chi connectivity index (χ2n) is 5.61. The van der Waals surface area contributed by atoms with Crippen LogP contribution in [-0.4, -0.2) is 31.5 Å². The molecule has 2 aromatic rings. The van der Waals surface area contributed by atoms with E-state index in [1.807, 2.05) is 43.3 Å². The predicted octanol–water partition coefficient (Wildman–Crippen LogP) is 3.61. The molecule has 0 radical (unpaired) electrons. The van der Waals surface area contributed by atoms with Crippen LogP contribution in [0.4, 0.5) is 17.2 Å². The SMILES string of the molecule is CCCCNc1cc(C(=O)Nc2ccc(N(C)C)cc2)ccn1. The minimum Gasteiger partial charge on any atom is -0.378 e. The molecule has 0 saturated heterocycles. The van der Waals surface area contributed by atoms with Crippen LogP contribution in [0.2, 0.25) is 0 Å². The maximum Gasteiger partial charge on any atom is 0.255 e. The van der Waals surface area contributed by atoms with Gasteiger partial charge in [-0.05, 0) is 42.8 Å². The first-order chi connectivity index (χ1) is 11.1. The second kappa shape index (κ2) is 8.17. The maximum absolute atomic E-state index is 12.3. The van der Waals surface area contributed by atoms with E-state index in [9.17, 15) is 4.79 Å². The minimum absolute atomic E-state index is 0.136. The summed E-state index contributed by atoms with van der Waals surface area (Å²) in [6.45, 7) is 3.00. The molecular formula is C18H24N4O. The summed E-state index contributed by atoms with van der Waals surface area (Å²) in [7, 11) is 3.97. The molecule has 0 bridgehead atoms. The molecule has 122 valence electrons. The average molecular weight is 312 g/mol. The highest BCUT2D eigenvalue weighted by molar-refractivity contribution is 6.04. The molecule has 0 aliphatic carbocycles. The van der Waals surface area contributed by atoms with Crippen molar-refractivity contribution in [2.75, 3.05) is 36.2 Å². The van der Waals surface area contributed by atoms with Crippen molar-refractivity contribution in [2.24, 2.45) is 0 Å². The van der Waals surface area contributed by atoms with Crippen molar-refractivity contribution in [2.45, 2.75) is 19.8 Å². The summed E-state index contributed by atoms with van der Waals surface area (Å²) in [6.07, 6.45) is 3.85. The number of hydrogen-bond acceptors (Lipinski definition) is 4. The topological polar surface area (TPSA) is 57.3 Å². The van der Waals surface area contributed by atoms with Gasteiger partial charge in [0, 0.05) is 43.8 Å². The number of carbonyl (C=O) groups excluding carboxylic acids is 1. The molecule has 0 aliphatic rings. The van der Waals surface area contributed by atoms with Gasteiger partial charge in [-0.25, -0.2) is 4.98 Å². The zero-order chi connectivity index (χ0) is 16.7. The molecule has 5 heteroatoms. The molecule has 0 aliphatic heterocycles. The number of nitrogens with one attached hydrogen (secondary N) is 2. The van der Waals surface area contributed by atoms with Crippen LogP contribution < -0.4 is 15.5 Å². The number of amides is 1. The number of unbranched alkanes of at least 4 members (excludes halogenated alkanes) is 1. The maximum atomic E-state index is 12.3. The first-order valence-electron chi connectivity index (χ1n) is 7.89. The van der Waals surface area contributed by atoms with E-state index >= 15 is 0 Å². The van der Waals surface area contributed by atoms with Gasteiger partial charge in [-0.3, -0.25) is 4.79 Å². The third kappa shape index (κ3) is 4.98. The van der Waals surface area contributed by atoms with Gasteiger partial charge in [0.25, 0.3) is 5.91 Å². The Hall–Kier alpha value is -2.56. The van der Waals surface area contributed by atoms with E-state index in [-0.39, 0.29) is 5.91 Å². The predicted molar refractivity (Wildman–Crippen MR) is 96.4 cm³/mol. The summed E-state index contributed by atoms with van der Waals surface area (Å²) in [4.78, 5) is 18.6. The van der Waals surface area contributed by atoms with Gasteiger partial charge in [0.1, 0.15) is 5.82 Å². The first-order valence-corrected chi connectivity index (χ1v) is 7.89. The summed E-state index contributed by atoms with van der Waals surface area (Å²) in [6, 6.07) is 11.2. The van der Waals surface area contributed by atoms with E-state index in [1.54, 1.807) is 18.3 Å². The summed E-state index contributed by atoms with van der Waals surface area (Å²) >= 11 is 0. The number of hydrogen-bond donors (Lipinski definition) is 2. The van der Waals surface area contributed by atoms with E-state index in [2.05, 4.69) is 22.5 Å². The van der Waals surface area contributed by atoms with Gasteiger partial charge < -0.3 is 15.5 Å². The van der Waals surface area contributed by atoms with Crippen molar-refractivity contribution >= 4 is 23.1 Å². The van der Waals surface area contributed by atoms with E-state index in [0.717, 1.165) is 36.6 Å². The molecule has 5 nitrogen and oxygen atoms in total. The Bertz CT molecular complexity index is 638. The Morgan fingerprint density at radius 1 is 1.17 bits per heavy atom. The third-order valence-corrected chi connectivity index (χ3v) is 3.50. The third-order valence-electron chi connectivity index (χ3n) is 3.50. The minimum atomic E-state index is -0.136. The van der Waals surface area contributed by atoms with Gasteiger partial charge in [0.15, 0.2) is 0 Å². The van der Waals surface area contributed by atoms with Crippen molar-refractivity contribution in [3.8, 4) is 0 Å². The standard InChI is InChI=1S/C18H24N4O/c1-4-5-11-19-17-13-14(10-12-20-17)18(23)21-15-6-8-16(9-7-15)22(2)3/h6-10,12-13H,4-5,11H2,1-3H3,(H,19,20)(H,21,23). The number of carbonyl (C=O) groups is 1. The fourth-order valence-electron chi connectivity index (χ4n) is 2.11. The van der Waals surface area contributed by atoms with E-state index in [4.69, 9.17) is 0 Å². The molecule has 0 unspecified atom stereocenters. The van der Waals surface area contributed by atoms with Crippen LogP contribution in [0.3, 0.4) is 0 Å². The fraction of sp³-hybridized carbons (Fsp3) is 0.333. The highest BCUT2D eigenvalue weighted by atomic mass is 16.1. The van der Waals surface area contributed by atoms with E-state index in [0.29, 0.717) is 5.56 Å². The molecule has 1 amide bonds. The number of benzene rings is 1. The largest absolute Gasteiger partial charge is 0.378 e. The van der Waals surface area contributed by atoms with Crippen LogP contribution in [0.5, 0.6) is 0 Å². The van der Waals surface area contributed by atoms with Crippen LogP contribution >= 0.6 is 0 Å². The lowest BCUT2D eigenvalue weighted by atomic mass is 10.2. The molecule has 0 atom stereocenters. The lowest BCUT2D eigenvalue weighted by Crippen LogP contribution is -2.13. The van der Waals surface area contributed by atoms with E-state index < -0.39 is 0 Å². The Labute approximate surface area is 137 Å². The lowest BCUT2D eigenvalue weighted by Gasteiger charge is -2.13. The van der Waals surface area contributed by atoms with Gasteiger partial charge in [-0.1, -0.05) is 13.3 Å². The monoisotopic (exact) mass is 312 g/mol. The van der Waals surface area contributed by atoms with Gasteiger partial charge >= 0.3 is 0 Å². The molecule has 2 N–H and O–H groups in total. The highest BCUT2D eigenvalue weighted by Crippen LogP contribution is 2.17. The zero-order valence-electron chi connectivity index (χ0n) is 14.0. The smallest absolute Gasteiger partial charge is 0.255 e. The van der Waals surface area contributed by atoms with E-state index in [1.165, 1.54) is 0 Å². The molecule has 0 spiro atoms. The van der Waals surface area contributed by atoms with Crippen molar-refractivity contribution in [1.82, 2.24) is 4.98 Å². The first kappa shape index (κ1) is 16.8. The van der Waals surface area contributed by atoms with Gasteiger partial charge in [0.2, 0.25) is 0 Å². The number of anilines is 3. The second-order valence-corrected chi connectivity index (χ2v) is 5.61.